The molecule has 1 aromatic carbocycles. The molecule has 1 aromatic rings. The van der Waals surface area contributed by atoms with Crippen LogP contribution < -0.4 is 0 Å². The number of β-lactam (4-membered cyclic amide) rings is 1. The first-order valence-electron chi connectivity index (χ1n) is 16.7. The van der Waals surface area contributed by atoms with Crippen LogP contribution in [-0.4, -0.2) is 85.9 Å². The molecule has 1 saturated heterocycles. The molecule has 2 heterocycles. The first kappa shape index (κ1) is 37.1. The first-order chi connectivity index (χ1) is 22.5. The Morgan fingerprint density at radius 3 is 2.27 bits per heavy atom. The van der Waals surface area contributed by atoms with Crippen molar-refractivity contribution in [2.45, 2.75) is 103 Å². The van der Waals surface area contributed by atoms with Gasteiger partial charge in [-0.15, -0.1) is 0 Å². The third-order valence-electron chi connectivity index (χ3n) is 10.3. The van der Waals surface area contributed by atoms with Crippen molar-refractivity contribution in [3.8, 4) is 0 Å². The molecule has 0 radical (unpaired) electrons. The van der Waals surface area contributed by atoms with E-state index in [4.69, 9.17) is 18.6 Å². The van der Waals surface area contributed by atoms with Crippen molar-refractivity contribution in [2.24, 2.45) is 11.8 Å². The Balaban J connectivity index is 1.78. The van der Waals surface area contributed by atoms with Crippen LogP contribution >= 0.6 is 0 Å². The lowest BCUT2D eigenvalue weighted by molar-refractivity contribution is -0.197. The lowest BCUT2D eigenvalue weighted by Gasteiger charge is -2.54. The van der Waals surface area contributed by atoms with Crippen molar-refractivity contribution >= 4 is 43.6 Å². The van der Waals surface area contributed by atoms with Gasteiger partial charge in [-0.05, 0) is 43.5 Å². The van der Waals surface area contributed by atoms with Crippen molar-refractivity contribution in [2.75, 3.05) is 20.3 Å². The molecule has 4 atom stereocenters. The molecular weight excluding hydrogens is 632 g/mol. The summed E-state index contributed by atoms with van der Waals surface area (Å²) < 4.78 is 23.3. The second-order valence-electron chi connectivity index (χ2n) is 14.5. The van der Waals surface area contributed by atoms with Gasteiger partial charge >= 0.3 is 11.9 Å². The average Bonchev–Trinajstić information content (AvgIpc) is 3.03. The van der Waals surface area contributed by atoms with Crippen LogP contribution in [0.25, 0.3) is 5.57 Å². The van der Waals surface area contributed by atoms with E-state index < -0.39 is 61.8 Å². The lowest BCUT2D eigenvalue weighted by atomic mass is 9.75. The number of esters is 2. The molecule has 4 rings (SSSR count). The molecule has 2 fully saturated rings. The molecule has 48 heavy (non-hydrogen) atoms. The van der Waals surface area contributed by atoms with E-state index in [1.165, 1.54) is 23.0 Å². The lowest BCUT2D eigenvalue weighted by Crippen LogP contribution is -2.71. The van der Waals surface area contributed by atoms with Crippen LogP contribution in [0.4, 0.5) is 0 Å². The third-order valence-corrected chi connectivity index (χ3v) is 14.9. The van der Waals surface area contributed by atoms with E-state index in [1.807, 2.05) is 6.92 Å². The van der Waals surface area contributed by atoms with E-state index in [0.29, 0.717) is 31.2 Å². The zero-order valence-corrected chi connectivity index (χ0v) is 30.5. The van der Waals surface area contributed by atoms with Crippen LogP contribution in [0.5, 0.6) is 0 Å². The Hall–Kier alpha value is -3.77. The third kappa shape index (κ3) is 7.00. The highest BCUT2D eigenvalue weighted by Crippen LogP contribution is 2.47. The summed E-state index contributed by atoms with van der Waals surface area (Å²) in [6.45, 7) is 17.2. The Morgan fingerprint density at radius 2 is 1.71 bits per heavy atom. The summed E-state index contributed by atoms with van der Waals surface area (Å²) in [6.07, 6.45) is 3.74. The van der Waals surface area contributed by atoms with Crippen LogP contribution in [0.15, 0.2) is 48.7 Å². The number of rotatable bonds is 11. The second-order valence-corrected chi connectivity index (χ2v) is 19.2. The first-order valence-corrected chi connectivity index (χ1v) is 19.6. The summed E-state index contributed by atoms with van der Waals surface area (Å²) in [5, 5.41) is -0.137. The van der Waals surface area contributed by atoms with Crippen LogP contribution in [0.2, 0.25) is 18.1 Å². The van der Waals surface area contributed by atoms with Gasteiger partial charge in [0.1, 0.15) is 13.2 Å². The molecule has 3 aliphatic rings. The SMILES string of the molecule is C=CCOC(=O)CN1C(=O)[C@H]([C@H](C)O[Si](C)(C)C(C)(C)C)[C@H]1[C@@H](C)C(=O)N1C(=O)C(c2ccccc2)=C(C(=O)OC)OC12CCCCC2. The minimum atomic E-state index is -2.34. The van der Waals surface area contributed by atoms with Gasteiger partial charge in [0.05, 0.1) is 36.7 Å². The summed E-state index contributed by atoms with van der Waals surface area (Å²) in [5.41, 5.74) is -1.08. The molecule has 0 unspecified atom stereocenters. The highest BCUT2D eigenvalue weighted by molar-refractivity contribution is 6.74. The van der Waals surface area contributed by atoms with Crippen LogP contribution in [0.1, 0.15) is 72.3 Å². The predicted octanol–water partition coefficient (Wildman–Crippen LogP) is 5.22. The average molecular weight is 683 g/mol. The molecule has 1 spiro atoms. The van der Waals surface area contributed by atoms with Crippen molar-refractivity contribution in [3.63, 3.8) is 0 Å². The smallest absolute Gasteiger partial charge is 0.374 e. The number of methoxy groups -OCH3 is 1. The van der Waals surface area contributed by atoms with Crippen molar-refractivity contribution in [1.82, 2.24) is 9.80 Å². The van der Waals surface area contributed by atoms with E-state index in [0.717, 1.165) is 6.42 Å². The minimum absolute atomic E-state index is 0.0202. The van der Waals surface area contributed by atoms with Crippen molar-refractivity contribution < 1.29 is 42.6 Å². The normalized spacial score (nSPS) is 22.4. The molecular formula is C36H50N2O9Si. The van der Waals surface area contributed by atoms with Gasteiger partial charge in [0, 0.05) is 12.8 Å². The van der Waals surface area contributed by atoms with Gasteiger partial charge in [-0.3, -0.25) is 19.2 Å². The molecule has 262 valence electrons. The molecule has 1 aliphatic carbocycles. The quantitative estimate of drug-likeness (QED) is 0.134. The molecule has 3 amide bonds. The van der Waals surface area contributed by atoms with Gasteiger partial charge in [0.2, 0.25) is 17.6 Å². The van der Waals surface area contributed by atoms with E-state index in [-0.39, 0.29) is 35.4 Å². The number of hydrogen-bond acceptors (Lipinski definition) is 9. The number of nitrogens with zero attached hydrogens (tertiary/aromatic N) is 2. The zero-order valence-electron chi connectivity index (χ0n) is 29.5. The van der Waals surface area contributed by atoms with E-state index >= 15 is 0 Å². The largest absolute Gasteiger partial charge is 0.463 e. The van der Waals surface area contributed by atoms with Crippen LogP contribution in [0.3, 0.4) is 0 Å². The number of benzene rings is 1. The number of likely N-dealkylation sites (tertiary alicyclic amines) is 1. The maximum absolute atomic E-state index is 14.8. The topological polar surface area (TPSA) is 129 Å². The summed E-state index contributed by atoms with van der Waals surface area (Å²) in [5.74, 6) is -4.93. The molecule has 2 aliphatic heterocycles. The summed E-state index contributed by atoms with van der Waals surface area (Å²) in [7, 11) is -1.13. The van der Waals surface area contributed by atoms with Crippen molar-refractivity contribution in [3.05, 3.63) is 54.3 Å². The van der Waals surface area contributed by atoms with E-state index in [2.05, 4.69) is 40.4 Å². The van der Waals surface area contributed by atoms with Gasteiger partial charge in [-0.2, -0.15) is 0 Å². The fourth-order valence-corrected chi connectivity index (χ4v) is 8.18. The number of carbonyl (C=O) groups excluding carboxylic acids is 5. The van der Waals surface area contributed by atoms with Gasteiger partial charge in [-0.1, -0.05) is 77.1 Å². The Morgan fingerprint density at radius 1 is 1.08 bits per heavy atom. The number of hydrogen-bond donors (Lipinski definition) is 0. The molecule has 11 nitrogen and oxygen atoms in total. The summed E-state index contributed by atoms with van der Waals surface area (Å²) in [6, 6.07) is 7.78. The number of amides is 3. The molecule has 0 N–H and O–H groups in total. The fourth-order valence-electron chi connectivity index (χ4n) is 6.75. The second kappa shape index (κ2) is 14.4. The monoisotopic (exact) mass is 682 g/mol. The van der Waals surface area contributed by atoms with Gasteiger partial charge < -0.3 is 23.5 Å². The highest BCUT2D eigenvalue weighted by atomic mass is 28.4. The Labute approximate surface area is 284 Å². The predicted molar refractivity (Wildman–Crippen MR) is 181 cm³/mol. The maximum Gasteiger partial charge on any atom is 0.374 e. The molecule has 0 aromatic heterocycles. The van der Waals surface area contributed by atoms with Gasteiger partial charge in [0.15, 0.2) is 14.0 Å². The molecule has 0 bridgehead atoms. The Kier molecular flexibility index (Phi) is 11.1. The fraction of sp³-hybridized carbons (Fsp3) is 0.583. The maximum atomic E-state index is 14.8. The van der Waals surface area contributed by atoms with Crippen molar-refractivity contribution in [1.29, 1.82) is 0 Å². The van der Waals surface area contributed by atoms with E-state index in [1.54, 1.807) is 37.3 Å². The van der Waals surface area contributed by atoms with Crippen LogP contribution in [0, 0.1) is 11.8 Å². The van der Waals surface area contributed by atoms with E-state index in [9.17, 15) is 24.0 Å². The zero-order chi connectivity index (χ0) is 35.6. The number of carbonyl (C=O) groups is 5. The Bertz CT molecular complexity index is 1460. The van der Waals surface area contributed by atoms with Gasteiger partial charge in [-0.25, -0.2) is 9.69 Å². The number of imide groups is 1. The minimum Gasteiger partial charge on any atom is -0.463 e. The number of ether oxygens (including phenoxy) is 3. The highest BCUT2D eigenvalue weighted by Gasteiger charge is 2.60. The molecule has 12 heteroatoms. The summed E-state index contributed by atoms with van der Waals surface area (Å²) in [4.78, 5) is 71.6. The summed E-state index contributed by atoms with van der Waals surface area (Å²) >= 11 is 0. The molecule has 1 saturated carbocycles. The standard InChI is InChI=1S/C36H50N2O9Si/c1-10-21-45-26(39)22-37-29(27(32(37)41)24(3)47-48(8,9)35(4,5)6)23(2)31(40)38-33(42)28(25-17-13-11-14-18-25)30(34(43)44-7)46-36(38)19-15-12-16-20-36/h10-11,13-14,17-18,23-24,27,29H,1,12,15-16,19-22H2,2-9H3/t23-,24+,27-,29-/m1/s1. The van der Waals surface area contributed by atoms with Gasteiger partial charge in [0.25, 0.3) is 5.91 Å². The van der Waals surface area contributed by atoms with Crippen LogP contribution in [-0.2, 0) is 42.6 Å².